The summed E-state index contributed by atoms with van der Waals surface area (Å²) in [6.45, 7) is 4.43. The molecule has 2 aromatic heterocycles. The van der Waals surface area contributed by atoms with Crippen LogP contribution >= 0.6 is 0 Å². The zero-order valence-electron chi connectivity index (χ0n) is 18.7. The summed E-state index contributed by atoms with van der Waals surface area (Å²) in [6, 6.07) is 33.9. The van der Waals surface area contributed by atoms with E-state index in [9.17, 15) is 0 Å². The van der Waals surface area contributed by atoms with Gasteiger partial charge in [0.05, 0.1) is 16.6 Å². The Bertz CT molecular complexity index is 1570. The summed E-state index contributed by atoms with van der Waals surface area (Å²) in [5, 5.41) is 1.10. The highest BCUT2D eigenvalue weighted by atomic mass is 16.3. The number of rotatable bonds is 4. The molecule has 0 aliphatic rings. The van der Waals surface area contributed by atoms with Crippen molar-refractivity contribution in [1.82, 2.24) is 9.55 Å². The van der Waals surface area contributed by atoms with Crippen molar-refractivity contribution in [2.45, 2.75) is 19.8 Å². The van der Waals surface area contributed by atoms with Crippen LogP contribution in [0.5, 0.6) is 0 Å². The Balaban J connectivity index is 1.55. The molecule has 33 heavy (non-hydrogen) atoms. The number of hydrogen-bond acceptors (Lipinski definition) is 2. The minimum Gasteiger partial charge on any atom is -0.464 e. The average molecular weight is 429 g/mol. The van der Waals surface area contributed by atoms with Crippen molar-refractivity contribution in [1.29, 1.82) is 0 Å². The molecule has 4 aromatic carbocycles. The van der Waals surface area contributed by atoms with Crippen LogP contribution in [0.2, 0.25) is 0 Å². The molecule has 0 unspecified atom stereocenters. The summed E-state index contributed by atoms with van der Waals surface area (Å²) >= 11 is 0. The van der Waals surface area contributed by atoms with E-state index in [0.29, 0.717) is 5.92 Å². The monoisotopic (exact) mass is 428 g/mol. The summed E-state index contributed by atoms with van der Waals surface area (Å²) in [5.74, 6) is 1.34. The molecule has 6 aromatic rings. The molecular formula is C30H24N2O. The second-order valence-corrected chi connectivity index (χ2v) is 8.73. The molecule has 0 saturated carbocycles. The van der Waals surface area contributed by atoms with Gasteiger partial charge in [-0.1, -0.05) is 74.5 Å². The molecule has 0 N–H and O–H groups in total. The smallest absolute Gasteiger partial charge is 0.149 e. The average Bonchev–Trinajstić information content (AvgIpc) is 3.45. The Hall–Kier alpha value is -4.11. The molecule has 0 fully saturated rings. The molecule has 0 amide bonds. The Morgan fingerprint density at radius 1 is 0.758 bits per heavy atom. The normalized spacial score (nSPS) is 11.6. The second-order valence-electron chi connectivity index (χ2n) is 8.73. The van der Waals surface area contributed by atoms with E-state index in [1.54, 1.807) is 0 Å². The third kappa shape index (κ3) is 3.33. The van der Waals surface area contributed by atoms with E-state index >= 15 is 0 Å². The van der Waals surface area contributed by atoms with Gasteiger partial charge in [-0.05, 0) is 59.0 Å². The van der Waals surface area contributed by atoms with Crippen LogP contribution < -0.4 is 0 Å². The van der Waals surface area contributed by atoms with E-state index in [1.165, 1.54) is 16.7 Å². The van der Waals surface area contributed by atoms with E-state index in [-0.39, 0.29) is 0 Å². The summed E-state index contributed by atoms with van der Waals surface area (Å²) in [7, 11) is 0. The van der Waals surface area contributed by atoms with Crippen molar-refractivity contribution in [3.8, 4) is 28.2 Å². The zero-order valence-corrected chi connectivity index (χ0v) is 18.7. The summed E-state index contributed by atoms with van der Waals surface area (Å²) in [4.78, 5) is 5.04. The van der Waals surface area contributed by atoms with E-state index < -0.39 is 0 Å². The van der Waals surface area contributed by atoms with Crippen LogP contribution in [0.15, 0.2) is 108 Å². The summed E-state index contributed by atoms with van der Waals surface area (Å²) < 4.78 is 8.18. The van der Waals surface area contributed by atoms with Crippen LogP contribution in [0.25, 0.3) is 50.2 Å². The Morgan fingerprint density at radius 3 is 2.27 bits per heavy atom. The Kier molecular flexibility index (Phi) is 4.62. The van der Waals surface area contributed by atoms with Gasteiger partial charge in [-0.3, -0.25) is 4.57 Å². The maximum atomic E-state index is 5.95. The van der Waals surface area contributed by atoms with Gasteiger partial charge >= 0.3 is 0 Å². The van der Waals surface area contributed by atoms with Gasteiger partial charge in [0.15, 0.2) is 0 Å². The van der Waals surface area contributed by atoms with Gasteiger partial charge in [-0.25, -0.2) is 4.98 Å². The fraction of sp³-hybridized carbons (Fsp3) is 0.100. The van der Waals surface area contributed by atoms with Crippen LogP contribution in [0.4, 0.5) is 0 Å². The highest BCUT2D eigenvalue weighted by molar-refractivity contribution is 5.95. The van der Waals surface area contributed by atoms with Crippen molar-refractivity contribution in [3.63, 3.8) is 0 Å². The largest absolute Gasteiger partial charge is 0.464 e. The van der Waals surface area contributed by atoms with Gasteiger partial charge in [0, 0.05) is 11.1 Å². The van der Waals surface area contributed by atoms with Crippen LogP contribution in [0.1, 0.15) is 25.3 Å². The predicted molar refractivity (Wildman–Crippen MR) is 136 cm³/mol. The highest BCUT2D eigenvalue weighted by Gasteiger charge is 2.19. The minimum absolute atomic E-state index is 0.446. The van der Waals surface area contributed by atoms with Crippen molar-refractivity contribution in [2.24, 2.45) is 0 Å². The lowest BCUT2D eigenvalue weighted by Crippen LogP contribution is -1.97. The number of fused-ring (bicyclic) bond motifs is 2. The van der Waals surface area contributed by atoms with E-state index in [0.717, 1.165) is 39.1 Å². The maximum Gasteiger partial charge on any atom is 0.149 e. The lowest BCUT2D eigenvalue weighted by atomic mass is 10.0. The van der Waals surface area contributed by atoms with E-state index in [2.05, 4.69) is 103 Å². The van der Waals surface area contributed by atoms with Gasteiger partial charge < -0.3 is 4.42 Å². The fourth-order valence-electron chi connectivity index (χ4n) is 4.48. The molecule has 0 radical (unpaired) electrons. The van der Waals surface area contributed by atoms with Crippen molar-refractivity contribution >= 4 is 22.0 Å². The fourth-order valence-corrected chi connectivity index (χ4v) is 4.48. The van der Waals surface area contributed by atoms with Gasteiger partial charge in [-0.15, -0.1) is 0 Å². The van der Waals surface area contributed by atoms with Crippen LogP contribution in [0, 0.1) is 0 Å². The first-order valence-electron chi connectivity index (χ1n) is 11.3. The lowest BCUT2D eigenvalue weighted by Gasteiger charge is -2.11. The molecule has 6 rings (SSSR count). The SMILES string of the molecule is CC(C)c1ccc2occ(-c3nc4ccccc4n3-c3ccc(-c4ccccc4)cc3)c2c1. The summed E-state index contributed by atoms with van der Waals surface area (Å²) in [5.41, 5.74) is 8.71. The molecular weight excluding hydrogens is 404 g/mol. The minimum atomic E-state index is 0.446. The predicted octanol–water partition coefficient (Wildman–Crippen LogP) is 8.23. The first-order chi connectivity index (χ1) is 16.2. The molecule has 0 saturated heterocycles. The molecule has 3 heteroatoms. The van der Waals surface area contributed by atoms with E-state index in [1.807, 2.05) is 18.4 Å². The van der Waals surface area contributed by atoms with Crippen LogP contribution in [0.3, 0.4) is 0 Å². The first kappa shape index (κ1) is 19.6. The van der Waals surface area contributed by atoms with Gasteiger partial charge in [0.2, 0.25) is 0 Å². The van der Waals surface area contributed by atoms with Crippen molar-refractivity contribution < 1.29 is 4.42 Å². The summed E-state index contributed by atoms with van der Waals surface area (Å²) in [6.07, 6.45) is 1.84. The van der Waals surface area contributed by atoms with E-state index in [4.69, 9.17) is 9.40 Å². The maximum absolute atomic E-state index is 5.95. The van der Waals surface area contributed by atoms with Crippen molar-refractivity contribution in [2.75, 3.05) is 0 Å². The molecule has 0 aliphatic heterocycles. The quantitative estimate of drug-likeness (QED) is 0.283. The molecule has 160 valence electrons. The molecule has 0 aliphatic carbocycles. The van der Waals surface area contributed by atoms with Gasteiger partial charge in [-0.2, -0.15) is 0 Å². The highest BCUT2D eigenvalue weighted by Crippen LogP contribution is 2.36. The number of benzene rings is 4. The molecule has 2 heterocycles. The number of nitrogens with zero attached hydrogens (tertiary/aromatic N) is 2. The lowest BCUT2D eigenvalue weighted by molar-refractivity contribution is 0.616. The number of aromatic nitrogens is 2. The topological polar surface area (TPSA) is 31.0 Å². The molecule has 0 atom stereocenters. The zero-order chi connectivity index (χ0) is 22.4. The van der Waals surface area contributed by atoms with Crippen molar-refractivity contribution in [3.05, 3.63) is 109 Å². The van der Waals surface area contributed by atoms with Crippen LogP contribution in [-0.4, -0.2) is 9.55 Å². The first-order valence-corrected chi connectivity index (χ1v) is 11.3. The molecule has 3 nitrogen and oxygen atoms in total. The number of imidazole rings is 1. The van der Waals surface area contributed by atoms with Gasteiger partial charge in [0.25, 0.3) is 0 Å². The standard InChI is InChI=1S/C30H24N2O/c1-20(2)23-14-17-29-25(18-23)26(19-33-29)30-31-27-10-6-7-11-28(27)32(30)24-15-12-22(13-16-24)21-8-4-3-5-9-21/h3-20H,1-2H3. The Morgan fingerprint density at radius 2 is 1.48 bits per heavy atom. The number of furan rings is 1. The number of para-hydroxylation sites is 2. The Labute approximate surface area is 192 Å². The number of hydrogen-bond donors (Lipinski definition) is 0. The third-order valence-corrected chi connectivity index (χ3v) is 6.30. The second kappa shape index (κ2) is 7.79. The third-order valence-electron chi connectivity index (χ3n) is 6.30. The molecule has 0 spiro atoms. The molecule has 0 bridgehead atoms. The van der Waals surface area contributed by atoms with Gasteiger partial charge in [0.1, 0.15) is 17.7 Å². The van der Waals surface area contributed by atoms with Crippen LogP contribution in [-0.2, 0) is 0 Å².